The van der Waals surface area contributed by atoms with Gasteiger partial charge in [0.1, 0.15) is 11.0 Å². The lowest BCUT2D eigenvalue weighted by Crippen LogP contribution is -1.81. The normalized spacial score (nSPS) is 11.5. The minimum Gasteiger partial charge on any atom is -0.173 e. The summed E-state index contributed by atoms with van der Waals surface area (Å²) in [6.07, 6.45) is 0. The maximum atomic E-state index is 4.53. The molecule has 5 heteroatoms. The Morgan fingerprint density at radius 3 is 2.22 bits per heavy atom. The molecule has 0 aliphatic heterocycles. The van der Waals surface area contributed by atoms with E-state index in [0.29, 0.717) is 0 Å². The average Bonchev–Trinajstić information content (AvgIpc) is 3.20. The van der Waals surface area contributed by atoms with Crippen molar-refractivity contribution in [3.05, 3.63) is 45.8 Å². The first-order valence-electron chi connectivity index (χ1n) is 7.44. The molecule has 0 aliphatic carbocycles. The van der Waals surface area contributed by atoms with Gasteiger partial charge in [-0.05, 0) is 56.5 Å². The van der Waals surface area contributed by atoms with Crippen molar-refractivity contribution >= 4 is 45.4 Å². The van der Waals surface area contributed by atoms with Gasteiger partial charge in [-0.15, -0.1) is 22.7 Å². The summed E-state index contributed by atoms with van der Waals surface area (Å²) in [7, 11) is 0. The van der Waals surface area contributed by atoms with Crippen molar-refractivity contribution in [2.75, 3.05) is 0 Å². The van der Waals surface area contributed by atoms with Gasteiger partial charge in [0, 0.05) is 25.1 Å². The molecule has 4 aromatic rings. The first-order valence-corrected chi connectivity index (χ1v) is 9.81. The van der Waals surface area contributed by atoms with Crippen LogP contribution in [0.15, 0.2) is 24.3 Å². The Morgan fingerprint density at radius 2 is 1.48 bits per heavy atom. The topological polar surface area (TPSA) is 25.8 Å². The number of hydrogen-bond donors (Lipinski definition) is 0. The predicted octanol–water partition coefficient (Wildman–Crippen LogP) is 6.38. The largest absolute Gasteiger partial charge is 0.173 e. The number of rotatable bonds is 2. The molecule has 0 aliphatic rings. The molecule has 3 heterocycles. The summed E-state index contributed by atoms with van der Waals surface area (Å²) in [5.41, 5.74) is 7.16. The summed E-state index contributed by atoms with van der Waals surface area (Å²) in [6, 6.07) is 8.91. The molecule has 0 amide bonds. The lowest BCUT2D eigenvalue weighted by molar-refractivity contribution is 1.44. The van der Waals surface area contributed by atoms with Crippen LogP contribution in [-0.2, 0) is 0 Å². The number of aryl methyl sites for hydroxylation is 4. The van der Waals surface area contributed by atoms with Gasteiger partial charge in [-0.3, -0.25) is 0 Å². The van der Waals surface area contributed by atoms with Gasteiger partial charge in [0.05, 0.1) is 11.7 Å². The zero-order valence-corrected chi connectivity index (χ0v) is 15.9. The second-order valence-corrected chi connectivity index (χ2v) is 8.70. The number of fused-ring (bicyclic) bond motifs is 1. The molecule has 0 spiro atoms. The molecule has 0 atom stereocenters. The molecule has 4 rings (SSSR count). The number of nitrogens with zero attached hydrogens (tertiary/aromatic N) is 2. The molecule has 2 nitrogen and oxygen atoms in total. The van der Waals surface area contributed by atoms with E-state index in [2.05, 4.69) is 60.7 Å². The first kappa shape index (κ1) is 15.0. The van der Waals surface area contributed by atoms with Crippen LogP contribution in [0.1, 0.15) is 21.6 Å². The highest BCUT2D eigenvalue weighted by atomic mass is 32.1. The standard InChI is InChI=1S/C18H16N2S3/c1-9-5-6-13(17-16(9)19-23-20-17)14-8-11(3)18(22-14)15-7-10(2)12(4)21-15/h5-8H,1-4H3. The lowest BCUT2D eigenvalue weighted by Gasteiger charge is -2.00. The smallest absolute Gasteiger partial charge is 0.113 e. The molecule has 0 radical (unpaired) electrons. The summed E-state index contributed by atoms with van der Waals surface area (Å²) in [6.45, 7) is 8.67. The summed E-state index contributed by atoms with van der Waals surface area (Å²) >= 11 is 5.04. The highest BCUT2D eigenvalue weighted by Gasteiger charge is 2.16. The summed E-state index contributed by atoms with van der Waals surface area (Å²) in [4.78, 5) is 5.42. The number of benzene rings is 1. The van der Waals surface area contributed by atoms with Crippen LogP contribution in [0.2, 0.25) is 0 Å². The third kappa shape index (κ3) is 2.43. The van der Waals surface area contributed by atoms with Crippen molar-refractivity contribution < 1.29 is 0 Å². The van der Waals surface area contributed by atoms with Gasteiger partial charge in [0.2, 0.25) is 0 Å². The van der Waals surface area contributed by atoms with E-state index in [1.54, 1.807) is 0 Å². The van der Waals surface area contributed by atoms with E-state index in [-0.39, 0.29) is 0 Å². The Kier molecular flexibility index (Phi) is 3.59. The molecule has 0 N–H and O–H groups in total. The van der Waals surface area contributed by atoms with E-state index < -0.39 is 0 Å². The summed E-state index contributed by atoms with van der Waals surface area (Å²) in [5.74, 6) is 0. The Labute approximate surface area is 147 Å². The maximum Gasteiger partial charge on any atom is 0.113 e. The second kappa shape index (κ2) is 5.51. The quantitative estimate of drug-likeness (QED) is 0.416. The number of thiophene rings is 2. The van der Waals surface area contributed by atoms with E-state index in [1.807, 2.05) is 22.7 Å². The zero-order chi connectivity index (χ0) is 16.1. The lowest BCUT2D eigenvalue weighted by atomic mass is 10.1. The minimum absolute atomic E-state index is 1.03. The predicted molar refractivity (Wildman–Crippen MR) is 103 cm³/mol. The van der Waals surface area contributed by atoms with Crippen LogP contribution in [-0.4, -0.2) is 8.75 Å². The van der Waals surface area contributed by atoms with E-state index in [1.165, 1.54) is 53.5 Å². The van der Waals surface area contributed by atoms with Gasteiger partial charge >= 0.3 is 0 Å². The van der Waals surface area contributed by atoms with Gasteiger partial charge < -0.3 is 0 Å². The van der Waals surface area contributed by atoms with E-state index in [4.69, 9.17) is 0 Å². The number of aromatic nitrogens is 2. The van der Waals surface area contributed by atoms with Crippen LogP contribution >= 0.6 is 34.4 Å². The molecular weight excluding hydrogens is 340 g/mol. The summed E-state index contributed by atoms with van der Waals surface area (Å²) in [5, 5.41) is 0. The molecule has 0 saturated carbocycles. The van der Waals surface area contributed by atoms with Crippen LogP contribution in [0.25, 0.3) is 31.2 Å². The third-order valence-electron chi connectivity index (χ3n) is 4.19. The molecule has 1 aromatic carbocycles. The van der Waals surface area contributed by atoms with Crippen molar-refractivity contribution in [1.29, 1.82) is 0 Å². The van der Waals surface area contributed by atoms with Crippen molar-refractivity contribution in [2.24, 2.45) is 0 Å². The van der Waals surface area contributed by atoms with Gasteiger partial charge in [-0.25, -0.2) is 0 Å². The molecule has 116 valence electrons. The van der Waals surface area contributed by atoms with Crippen LogP contribution < -0.4 is 0 Å². The molecule has 0 fully saturated rings. The molecule has 0 bridgehead atoms. The van der Waals surface area contributed by atoms with Crippen molar-refractivity contribution in [1.82, 2.24) is 8.75 Å². The summed E-state index contributed by atoms with van der Waals surface area (Å²) < 4.78 is 8.97. The van der Waals surface area contributed by atoms with Crippen molar-refractivity contribution in [3.63, 3.8) is 0 Å². The highest BCUT2D eigenvalue weighted by molar-refractivity contribution is 7.24. The van der Waals surface area contributed by atoms with Crippen LogP contribution in [0.5, 0.6) is 0 Å². The Bertz CT molecular complexity index is 1000. The minimum atomic E-state index is 1.03. The van der Waals surface area contributed by atoms with Gasteiger partial charge in [-0.2, -0.15) is 8.75 Å². The molecular formula is C18H16N2S3. The molecule has 0 unspecified atom stereocenters. The number of hydrogen-bond acceptors (Lipinski definition) is 5. The SMILES string of the molecule is Cc1cc(-c2sc(-c3ccc(C)c4nsnc34)cc2C)sc1C. The van der Waals surface area contributed by atoms with Crippen molar-refractivity contribution in [2.45, 2.75) is 27.7 Å². The van der Waals surface area contributed by atoms with E-state index in [0.717, 1.165) is 11.0 Å². The van der Waals surface area contributed by atoms with Crippen LogP contribution in [0, 0.1) is 27.7 Å². The van der Waals surface area contributed by atoms with Crippen LogP contribution in [0.3, 0.4) is 0 Å². The highest BCUT2D eigenvalue weighted by Crippen LogP contribution is 2.43. The third-order valence-corrected chi connectivity index (χ3v) is 7.32. The van der Waals surface area contributed by atoms with Gasteiger partial charge in [-0.1, -0.05) is 12.1 Å². The average molecular weight is 357 g/mol. The zero-order valence-electron chi connectivity index (χ0n) is 13.4. The Balaban J connectivity index is 1.89. The van der Waals surface area contributed by atoms with Gasteiger partial charge in [0.15, 0.2) is 0 Å². The fourth-order valence-electron chi connectivity index (χ4n) is 2.73. The van der Waals surface area contributed by atoms with Gasteiger partial charge in [0.25, 0.3) is 0 Å². The van der Waals surface area contributed by atoms with E-state index >= 15 is 0 Å². The van der Waals surface area contributed by atoms with E-state index in [9.17, 15) is 0 Å². The maximum absolute atomic E-state index is 4.53. The Morgan fingerprint density at radius 1 is 0.739 bits per heavy atom. The van der Waals surface area contributed by atoms with Crippen LogP contribution in [0.4, 0.5) is 0 Å². The fraction of sp³-hybridized carbons (Fsp3) is 0.222. The second-order valence-electron chi connectivity index (χ2n) is 5.86. The first-order chi connectivity index (χ1) is 11.0. The molecule has 3 aromatic heterocycles. The Hall–Kier alpha value is -1.56. The monoisotopic (exact) mass is 356 g/mol. The van der Waals surface area contributed by atoms with Crippen molar-refractivity contribution in [3.8, 4) is 20.2 Å². The molecule has 23 heavy (non-hydrogen) atoms. The molecule has 0 saturated heterocycles. The fourth-order valence-corrected chi connectivity index (χ4v) is 5.75.